The average molecular weight is 495 g/mol. The predicted molar refractivity (Wildman–Crippen MR) is 132 cm³/mol. The van der Waals surface area contributed by atoms with Gasteiger partial charge in [-0.15, -0.1) is 22.7 Å². The lowest BCUT2D eigenvalue weighted by Crippen LogP contribution is -2.49. The van der Waals surface area contributed by atoms with Gasteiger partial charge in [0.1, 0.15) is 11.4 Å². The van der Waals surface area contributed by atoms with Gasteiger partial charge in [0.15, 0.2) is 11.5 Å². The summed E-state index contributed by atoms with van der Waals surface area (Å²) in [5, 5.41) is 4.55. The first kappa shape index (κ1) is 21.3. The molecule has 0 aliphatic carbocycles. The maximum absolute atomic E-state index is 13.2. The Hall–Kier alpha value is -3.21. The van der Waals surface area contributed by atoms with E-state index in [0.29, 0.717) is 23.3 Å². The zero-order chi connectivity index (χ0) is 23.1. The third kappa shape index (κ3) is 3.97. The van der Waals surface area contributed by atoms with Crippen LogP contribution in [0.4, 0.5) is 0 Å². The van der Waals surface area contributed by atoms with Gasteiger partial charge in [0, 0.05) is 48.5 Å². The maximum Gasteiger partial charge on any atom is 0.263 e. The van der Waals surface area contributed by atoms with Crippen molar-refractivity contribution in [2.45, 2.75) is 13.1 Å². The highest BCUT2D eigenvalue weighted by atomic mass is 32.1. The van der Waals surface area contributed by atoms with E-state index >= 15 is 0 Å². The minimum atomic E-state index is -0.163. The van der Waals surface area contributed by atoms with Crippen molar-refractivity contribution < 1.29 is 14.3 Å². The fourth-order valence-electron chi connectivity index (χ4n) is 4.39. The molecule has 0 saturated carbocycles. The highest BCUT2D eigenvalue weighted by molar-refractivity contribution is 7.18. The molecule has 0 unspecified atom stereocenters. The second-order valence-electron chi connectivity index (χ2n) is 8.33. The number of hydrogen-bond acceptors (Lipinski definition) is 8. The number of aromatic nitrogens is 2. The van der Waals surface area contributed by atoms with Crippen LogP contribution in [0.2, 0.25) is 0 Å². The van der Waals surface area contributed by atoms with E-state index in [-0.39, 0.29) is 24.8 Å². The van der Waals surface area contributed by atoms with Crippen LogP contribution in [0.15, 0.2) is 52.2 Å². The van der Waals surface area contributed by atoms with E-state index in [1.807, 2.05) is 39.9 Å². The smallest absolute Gasteiger partial charge is 0.263 e. The summed E-state index contributed by atoms with van der Waals surface area (Å²) in [7, 11) is 0. The van der Waals surface area contributed by atoms with Crippen LogP contribution < -0.4 is 15.0 Å². The summed E-state index contributed by atoms with van der Waals surface area (Å²) in [4.78, 5) is 36.5. The molecular weight excluding hydrogens is 472 g/mol. The van der Waals surface area contributed by atoms with Crippen molar-refractivity contribution in [3.05, 3.63) is 63.3 Å². The molecule has 1 aromatic carbocycles. The summed E-state index contributed by atoms with van der Waals surface area (Å²) in [6, 6.07) is 9.97. The van der Waals surface area contributed by atoms with Crippen LogP contribution in [-0.4, -0.2) is 58.2 Å². The van der Waals surface area contributed by atoms with Gasteiger partial charge >= 0.3 is 0 Å². The zero-order valence-electron chi connectivity index (χ0n) is 18.3. The number of rotatable bonds is 5. The molecule has 174 valence electrons. The van der Waals surface area contributed by atoms with E-state index in [1.54, 1.807) is 11.3 Å². The summed E-state index contributed by atoms with van der Waals surface area (Å²) in [6.45, 7) is 3.89. The van der Waals surface area contributed by atoms with Crippen molar-refractivity contribution in [2.24, 2.45) is 0 Å². The number of piperazine rings is 1. The average Bonchev–Trinajstić information content (AvgIpc) is 3.61. The predicted octanol–water partition coefficient (Wildman–Crippen LogP) is 3.26. The molecule has 0 atom stereocenters. The number of benzene rings is 1. The summed E-state index contributed by atoms with van der Waals surface area (Å²) >= 11 is 3.05. The Kier molecular flexibility index (Phi) is 5.56. The molecule has 2 aliphatic heterocycles. The van der Waals surface area contributed by atoms with Crippen molar-refractivity contribution in [2.75, 3.05) is 33.0 Å². The Labute approximate surface area is 203 Å². The Balaban J connectivity index is 1.11. The van der Waals surface area contributed by atoms with Crippen molar-refractivity contribution in [3.63, 3.8) is 0 Å². The third-order valence-electron chi connectivity index (χ3n) is 6.22. The van der Waals surface area contributed by atoms with Crippen LogP contribution in [0, 0.1) is 0 Å². The fourth-order valence-corrected chi connectivity index (χ4v) is 6.11. The summed E-state index contributed by atoms with van der Waals surface area (Å²) in [6.07, 6.45) is 1.49. The Bertz CT molecular complexity index is 1400. The number of nitrogens with zero attached hydrogens (tertiary/aromatic N) is 4. The number of hydrogen-bond donors (Lipinski definition) is 0. The number of ether oxygens (including phenoxy) is 2. The zero-order valence-corrected chi connectivity index (χ0v) is 19.9. The van der Waals surface area contributed by atoms with Crippen molar-refractivity contribution in [1.82, 2.24) is 19.4 Å². The lowest BCUT2D eigenvalue weighted by atomic mass is 10.1. The van der Waals surface area contributed by atoms with Gasteiger partial charge in [-0.3, -0.25) is 19.1 Å². The van der Waals surface area contributed by atoms with Crippen molar-refractivity contribution >= 4 is 38.8 Å². The highest BCUT2D eigenvalue weighted by Crippen LogP contribution is 2.34. The van der Waals surface area contributed by atoms with E-state index in [9.17, 15) is 9.59 Å². The molecule has 2 aliphatic rings. The molecule has 0 N–H and O–H groups in total. The van der Waals surface area contributed by atoms with Gasteiger partial charge in [-0.05, 0) is 29.1 Å². The minimum absolute atomic E-state index is 0.00363. The van der Waals surface area contributed by atoms with Gasteiger partial charge in [0.25, 0.3) is 5.56 Å². The van der Waals surface area contributed by atoms with Crippen LogP contribution in [0.5, 0.6) is 11.5 Å². The Morgan fingerprint density at radius 1 is 1.06 bits per heavy atom. The van der Waals surface area contributed by atoms with E-state index in [0.717, 1.165) is 47.1 Å². The highest BCUT2D eigenvalue weighted by Gasteiger charge is 2.23. The summed E-state index contributed by atoms with van der Waals surface area (Å²) < 4.78 is 12.3. The van der Waals surface area contributed by atoms with E-state index in [1.165, 1.54) is 22.2 Å². The normalized spacial score (nSPS) is 15.8. The minimum Gasteiger partial charge on any atom is -0.454 e. The van der Waals surface area contributed by atoms with E-state index < -0.39 is 0 Å². The maximum atomic E-state index is 13.2. The largest absolute Gasteiger partial charge is 0.454 e. The molecular formula is C24H22N4O4S2. The van der Waals surface area contributed by atoms with E-state index in [2.05, 4.69) is 16.0 Å². The second kappa shape index (κ2) is 8.86. The molecule has 6 rings (SSSR count). The summed E-state index contributed by atoms with van der Waals surface area (Å²) in [5.74, 6) is 1.51. The molecule has 4 aromatic rings. The molecule has 5 heterocycles. The Morgan fingerprint density at radius 3 is 2.74 bits per heavy atom. The lowest BCUT2D eigenvalue weighted by molar-refractivity contribution is -0.133. The molecule has 34 heavy (non-hydrogen) atoms. The van der Waals surface area contributed by atoms with Gasteiger partial charge in [-0.25, -0.2) is 4.98 Å². The third-order valence-corrected chi connectivity index (χ3v) is 8.01. The molecule has 10 heteroatoms. The van der Waals surface area contributed by atoms with Gasteiger partial charge in [0.2, 0.25) is 12.7 Å². The molecule has 1 saturated heterocycles. The van der Waals surface area contributed by atoms with Gasteiger partial charge in [-0.1, -0.05) is 12.1 Å². The number of carbonyl (C=O) groups excluding carboxylic acids is 1. The topological polar surface area (TPSA) is 76.9 Å². The number of fused-ring (bicyclic) bond motifs is 2. The van der Waals surface area contributed by atoms with Gasteiger partial charge in [-0.2, -0.15) is 0 Å². The van der Waals surface area contributed by atoms with Crippen LogP contribution in [-0.2, 0) is 17.9 Å². The van der Waals surface area contributed by atoms with Crippen LogP contribution in [0.1, 0.15) is 5.56 Å². The van der Waals surface area contributed by atoms with Crippen molar-refractivity contribution in [1.29, 1.82) is 0 Å². The number of amides is 1. The monoisotopic (exact) mass is 494 g/mol. The molecule has 3 aromatic heterocycles. The fraction of sp³-hybridized carbons (Fsp3) is 0.292. The first-order chi connectivity index (χ1) is 16.7. The molecule has 1 amide bonds. The quantitative estimate of drug-likeness (QED) is 0.424. The van der Waals surface area contributed by atoms with Crippen LogP contribution >= 0.6 is 22.7 Å². The number of carbonyl (C=O) groups is 1. The van der Waals surface area contributed by atoms with Crippen LogP contribution in [0.25, 0.3) is 20.7 Å². The molecule has 0 spiro atoms. The lowest BCUT2D eigenvalue weighted by Gasteiger charge is -2.34. The number of thiophene rings is 2. The van der Waals surface area contributed by atoms with Gasteiger partial charge < -0.3 is 14.4 Å². The van der Waals surface area contributed by atoms with E-state index in [4.69, 9.17) is 9.47 Å². The molecule has 0 bridgehead atoms. The molecule has 0 radical (unpaired) electrons. The summed E-state index contributed by atoms with van der Waals surface area (Å²) in [5.41, 5.74) is 1.89. The Morgan fingerprint density at radius 2 is 1.91 bits per heavy atom. The van der Waals surface area contributed by atoms with Gasteiger partial charge in [0.05, 0.1) is 11.7 Å². The molecule has 1 fully saturated rings. The van der Waals surface area contributed by atoms with Crippen molar-refractivity contribution in [3.8, 4) is 21.9 Å². The first-order valence-corrected chi connectivity index (χ1v) is 12.8. The first-order valence-electron chi connectivity index (χ1n) is 11.0. The van der Waals surface area contributed by atoms with Crippen LogP contribution in [0.3, 0.4) is 0 Å². The standard InChI is InChI=1S/C24H22N4O4S2/c29-21(12-28-14-25-23-22(24(28)30)17(13-34-23)20-2-1-9-33-20)27-7-5-26(6-8-27)11-16-3-4-18-19(10-16)32-15-31-18/h1-4,9-10,13-14H,5-8,11-12,15H2. The second-order valence-corrected chi connectivity index (χ2v) is 10.1. The molecule has 8 nitrogen and oxygen atoms in total. The SMILES string of the molecule is O=C(Cn1cnc2scc(-c3cccs3)c2c1=O)N1CCN(Cc2ccc3c(c2)OCO3)CC1.